The molecule has 1 atom stereocenters. The molecule has 0 radical (unpaired) electrons. The first-order valence-electron chi connectivity index (χ1n) is 7.27. The Hall–Kier alpha value is -1.02. The van der Waals surface area contributed by atoms with Gasteiger partial charge in [0.1, 0.15) is 11.5 Å². The number of aryl methyl sites for hydroxylation is 1. The Morgan fingerprint density at radius 3 is 2.60 bits per heavy atom. The first-order chi connectivity index (χ1) is 9.36. The van der Waals surface area contributed by atoms with E-state index in [0.717, 1.165) is 40.3 Å². The predicted octanol–water partition coefficient (Wildman–Crippen LogP) is 4.90. The highest BCUT2D eigenvalue weighted by molar-refractivity contribution is 6.32. The zero-order valence-corrected chi connectivity index (χ0v) is 13.9. The van der Waals surface area contributed by atoms with Gasteiger partial charge in [0.15, 0.2) is 0 Å². The van der Waals surface area contributed by atoms with Crippen LogP contribution in [-0.2, 0) is 11.2 Å². The normalized spacial score (nSPS) is 12.3. The van der Waals surface area contributed by atoms with Crippen LogP contribution in [0.2, 0.25) is 5.02 Å². The van der Waals surface area contributed by atoms with Crippen LogP contribution >= 0.6 is 11.6 Å². The van der Waals surface area contributed by atoms with Crippen molar-refractivity contribution in [3.05, 3.63) is 27.8 Å². The van der Waals surface area contributed by atoms with Crippen molar-refractivity contribution in [1.29, 1.82) is 0 Å². The van der Waals surface area contributed by atoms with E-state index in [1.807, 2.05) is 19.9 Å². The summed E-state index contributed by atoms with van der Waals surface area (Å²) in [5.41, 5.74) is 3.26. The van der Waals surface area contributed by atoms with Gasteiger partial charge in [0.05, 0.1) is 6.61 Å². The number of hydrogen-bond donors (Lipinski definition) is 0. The number of Topliss-reactive ketones (excluding diaryl/α,β-unsaturated/α-hetero) is 1. The Bertz CT molecular complexity index is 480. The van der Waals surface area contributed by atoms with Crippen molar-refractivity contribution in [2.75, 3.05) is 6.61 Å². The molecule has 1 unspecified atom stereocenters. The summed E-state index contributed by atoms with van der Waals surface area (Å²) in [7, 11) is 0. The fourth-order valence-electron chi connectivity index (χ4n) is 2.47. The minimum Gasteiger partial charge on any atom is -0.493 e. The molecule has 0 aliphatic heterocycles. The van der Waals surface area contributed by atoms with Crippen molar-refractivity contribution < 1.29 is 9.53 Å². The van der Waals surface area contributed by atoms with E-state index in [0.29, 0.717) is 18.9 Å². The molecule has 0 fully saturated rings. The molecule has 0 N–H and O–H groups in total. The third-order valence-corrected chi connectivity index (χ3v) is 4.00. The van der Waals surface area contributed by atoms with Crippen LogP contribution in [0.1, 0.15) is 50.3 Å². The van der Waals surface area contributed by atoms with Gasteiger partial charge in [-0.3, -0.25) is 0 Å². The van der Waals surface area contributed by atoms with Gasteiger partial charge in [-0.1, -0.05) is 25.4 Å². The Labute approximate surface area is 127 Å². The topological polar surface area (TPSA) is 26.3 Å². The first-order valence-corrected chi connectivity index (χ1v) is 7.65. The van der Waals surface area contributed by atoms with Crippen molar-refractivity contribution >= 4 is 17.4 Å². The Morgan fingerprint density at radius 2 is 2.05 bits per heavy atom. The molecule has 20 heavy (non-hydrogen) atoms. The van der Waals surface area contributed by atoms with E-state index >= 15 is 0 Å². The average Bonchev–Trinajstić information content (AvgIpc) is 2.36. The minimum absolute atomic E-state index is 0.226. The molecular formula is C17H25ClO2. The second-order valence-electron chi connectivity index (χ2n) is 5.67. The number of carbonyl (C=O) groups is 1. The van der Waals surface area contributed by atoms with Gasteiger partial charge in [-0.2, -0.15) is 0 Å². The van der Waals surface area contributed by atoms with Crippen LogP contribution in [0.5, 0.6) is 5.75 Å². The van der Waals surface area contributed by atoms with Crippen LogP contribution < -0.4 is 4.74 Å². The summed E-state index contributed by atoms with van der Waals surface area (Å²) in [5, 5.41) is 0.805. The quantitative estimate of drug-likeness (QED) is 0.715. The Morgan fingerprint density at radius 1 is 1.40 bits per heavy atom. The number of carbonyl (C=O) groups excluding carboxylic acids is 1. The van der Waals surface area contributed by atoms with E-state index in [2.05, 4.69) is 13.8 Å². The van der Waals surface area contributed by atoms with Crippen LogP contribution in [0.25, 0.3) is 0 Å². The third-order valence-electron chi connectivity index (χ3n) is 3.42. The summed E-state index contributed by atoms with van der Waals surface area (Å²) in [4.78, 5) is 11.3. The monoisotopic (exact) mass is 296 g/mol. The fraction of sp³-hybridized carbons (Fsp3) is 0.588. The van der Waals surface area contributed by atoms with E-state index in [-0.39, 0.29) is 5.78 Å². The molecule has 0 aliphatic rings. The molecule has 0 aliphatic carbocycles. The third kappa shape index (κ3) is 4.52. The lowest BCUT2D eigenvalue weighted by Crippen LogP contribution is -2.09. The maximum Gasteiger partial charge on any atom is 0.130 e. The smallest absolute Gasteiger partial charge is 0.130 e. The van der Waals surface area contributed by atoms with Gasteiger partial charge in [0.25, 0.3) is 0 Å². The van der Waals surface area contributed by atoms with E-state index in [9.17, 15) is 4.79 Å². The molecule has 1 rings (SSSR count). The number of rotatable bonds is 7. The minimum atomic E-state index is 0.226. The van der Waals surface area contributed by atoms with Gasteiger partial charge < -0.3 is 9.53 Å². The van der Waals surface area contributed by atoms with E-state index in [1.165, 1.54) is 0 Å². The molecule has 1 aromatic carbocycles. The van der Waals surface area contributed by atoms with Crippen LogP contribution in [0.15, 0.2) is 6.07 Å². The summed E-state index contributed by atoms with van der Waals surface area (Å²) >= 11 is 6.36. The van der Waals surface area contributed by atoms with Crippen LogP contribution in [0.4, 0.5) is 0 Å². The molecule has 0 spiro atoms. The van der Waals surface area contributed by atoms with Gasteiger partial charge >= 0.3 is 0 Å². The molecule has 3 heteroatoms. The van der Waals surface area contributed by atoms with Crippen molar-refractivity contribution in [2.45, 2.75) is 53.9 Å². The van der Waals surface area contributed by atoms with Crippen molar-refractivity contribution in [2.24, 2.45) is 5.92 Å². The lowest BCUT2D eigenvalue weighted by Gasteiger charge is -2.19. The standard InChI is InChI=1S/C17H25ClO2/c1-6-7-20-16-10-12(3)17(18)14(5)15(16)9-11(2)8-13(4)19/h10-11H,6-9H2,1-5H3. The van der Waals surface area contributed by atoms with Crippen molar-refractivity contribution in [3.8, 4) is 5.75 Å². The van der Waals surface area contributed by atoms with E-state index in [4.69, 9.17) is 16.3 Å². The lowest BCUT2D eigenvalue weighted by atomic mass is 9.92. The van der Waals surface area contributed by atoms with Crippen LogP contribution in [0.3, 0.4) is 0 Å². The fourth-order valence-corrected chi connectivity index (χ4v) is 2.63. The second-order valence-corrected chi connectivity index (χ2v) is 6.05. The van der Waals surface area contributed by atoms with Crippen molar-refractivity contribution in [1.82, 2.24) is 0 Å². The molecular weight excluding hydrogens is 272 g/mol. The summed E-state index contributed by atoms with van der Waals surface area (Å²) in [6, 6.07) is 2.01. The Kier molecular flexibility index (Phi) is 6.54. The summed E-state index contributed by atoms with van der Waals surface area (Å²) in [6.07, 6.45) is 2.39. The van der Waals surface area contributed by atoms with Gasteiger partial charge in [-0.05, 0) is 62.3 Å². The zero-order chi connectivity index (χ0) is 15.3. The second kappa shape index (κ2) is 7.68. The van der Waals surface area contributed by atoms with Crippen LogP contribution in [0, 0.1) is 19.8 Å². The van der Waals surface area contributed by atoms with E-state index < -0.39 is 0 Å². The van der Waals surface area contributed by atoms with Gasteiger partial charge in [-0.15, -0.1) is 0 Å². The molecule has 0 saturated heterocycles. The molecule has 0 heterocycles. The first kappa shape index (κ1) is 17.0. The molecule has 1 aromatic rings. The molecule has 2 nitrogen and oxygen atoms in total. The molecule has 0 aromatic heterocycles. The number of halogens is 1. The highest BCUT2D eigenvalue weighted by Crippen LogP contribution is 2.34. The maximum atomic E-state index is 11.3. The highest BCUT2D eigenvalue weighted by Gasteiger charge is 2.16. The molecule has 0 saturated carbocycles. The summed E-state index contributed by atoms with van der Waals surface area (Å²) in [6.45, 7) is 10.6. The zero-order valence-electron chi connectivity index (χ0n) is 13.2. The number of benzene rings is 1. The number of ether oxygens (including phenoxy) is 1. The average molecular weight is 297 g/mol. The predicted molar refractivity (Wildman–Crippen MR) is 84.9 cm³/mol. The summed E-state index contributed by atoms with van der Waals surface area (Å²) in [5.74, 6) is 1.44. The summed E-state index contributed by atoms with van der Waals surface area (Å²) < 4.78 is 5.87. The van der Waals surface area contributed by atoms with Gasteiger partial charge in [0.2, 0.25) is 0 Å². The lowest BCUT2D eigenvalue weighted by molar-refractivity contribution is -0.117. The molecule has 0 bridgehead atoms. The largest absolute Gasteiger partial charge is 0.493 e. The van der Waals surface area contributed by atoms with Gasteiger partial charge in [-0.25, -0.2) is 0 Å². The molecule has 0 amide bonds. The highest BCUT2D eigenvalue weighted by atomic mass is 35.5. The number of ketones is 1. The molecule has 112 valence electrons. The van der Waals surface area contributed by atoms with Crippen LogP contribution in [-0.4, -0.2) is 12.4 Å². The van der Waals surface area contributed by atoms with Gasteiger partial charge in [0, 0.05) is 11.4 Å². The Balaban J connectivity index is 3.07. The SMILES string of the molecule is CCCOc1cc(C)c(Cl)c(C)c1CC(C)CC(C)=O. The van der Waals surface area contributed by atoms with E-state index in [1.54, 1.807) is 6.92 Å². The number of hydrogen-bond acceptors (Lipinski definition) is 2. The maximum absolute atomic E-state index is 11.3. The van der Waals surface area contributed by atoms with Crippen molar-refractivity contribution in [3.63, 3.8) is 0 Å².